The SMILES string of the molecule is CC(C)(C)OC(=O)N1CCC(NC(=O)c2cn3ccc(OC4CCN(c5ccc(C(F)(F)F)cc5)CC4)cc3n2)CC1. The van der Waals surface area contributed by atoms with Crippen LogP contribution in [0.5, 0.6) is 5.75 Å². The van der Waals surface area contributed by atoms with Gasteiger partial charge in [-0.25, -0.2) is 9.78 Å². The molecule has 0 unspecified atom stereocenters. The summed E-state index contributed by atoms with van der Waals surface area (Å²) in [4.78, 5) is 33.4. The summed E-state index contributed by atoms with van der Waals surface area (Å²) >= 11 is 0. The van der Waals surface area contributed by atoms with Gasteiger partial charge in [0.25, 0.3) is 5.91 Å². The molecule has 0 aliphatic carbocycles. The third-order valence-electron chi connectivity index (χ3n) is 7.45. The Kier molecular flexibility index (Phi) is 8.25. The van der Waals surface area contributed by atoms with Crippen LogP contribution in [0.2, 0.25) is 0 Å². The first-order valence-electron chi connectivity index (χ1n) is 14.2. The maximum absolute atomic E-state index is 12.9. The molecule has 9 nitrogen and oxygen atoms in total. The molecule has 1 aromatic carbocycles. The standard InChI is InChI=1S/C30H36F3N5O4/c1-29(2,3)42-28(40)37-13-8-21(9-14-37)34-27(39)25-19-38-17-12-24(18-26(38)35-25)41-23-10-15-36(16-11-23)22-6-4-20(5-7-22)30(31,32)33/h4-7,12,17-19,21,23H,8-11,13-16H2,1-3H3,(H,34,39). The van der Waals surface area contributed by atoms with Gasteiger partial charge in [0.15, 0.2) is 0 Å². The minimum atomic E-state index is -4.34. The topological polar surface area (TPSA) is 88.4 Å². The predicted octanol–water partition coefficient (Wildman–Crippen LogP) is 5.53. The highest BCUT2D eigenvalue weighted by atomic mass is 19.4. The molecule has 2 aromatic heterocycles. The molecule has 226 valence electrons. The van der Waals surface area contributed by atoms with Crippen LogP contribution in [-0.2, 0) is 10.9 Å². The summed E-state index contributed by atoms with van der Waals surface area (Å²) in [7, 11) is 0. The molecule has 0 bridgehead atoms. The van der Waals surface area contributed by atoms with Gasteiger partial charge in [-0.3, -0.25) is 4.79 Å². The fourth-order valence-electron chi connectivity index (χ4n) is 5.22. The fraction of sp³-hybridized carbons (Fsp3) is 0.500. The number of aromatic nitrogens is 2. The van der Waals surface area contributed by atoms with Crippen molar-refractivity contribution in [1.29, 1.82) is 0 Å². The van der Waals surface area contributed by atoms with Gasteiger partial charge in [0, 0.05) is 69.2 Å². The molecule has 0 spiro atoms. The number of piperidine rings is 2. The monoisotopic (exact) mass is 587 g/mol. The Morgan fingerprint density at radius 3 is 2.24 bits per heavy atom. The number of nitrogens with zero attached hydrogens (tertiary/aromatic N) is 4. The number of carbonyl (C=O) groups excluding carboxylic acids is 2. The van der Waals surface area contributed by atoms with E-state index in [0.29, 0.717) is 56.1 Å². The highest BCUT2D eigenvalue weighted by Crippen LogP contribution is 2.31. The number of alkyl halides is 3. The number of ether oxygens (including phenoxy) is 2. The van der Waals surface area contributed by atoms with Gasteiger partial charge in [-0.15, -0.1) is 0 Å². The lowest BCUT2D eigenvalue weighted by Crippen LogP contribution is -2.47. The zero-order valence-electron chi connectivity index (χ0n) is 24.0. The third-order valence-corrected chi connectivity index (χ3v) is 7.45. The first-order valence-corrected chi connectivity index (χ1v) is 14.2. The van der Waals surface area contributed by atoms with Crippen molar-refractivity contribution in [2.24, 2.45) is 0 Å². The fourth-order valence-corrected chi connectivity index (χ4v) is 5.22. The maximum Gasteiger partial charge on any atom is 0.416 e. The number of halogens is 3. The quantitative estimate of drug-likeness (QED) is 0.423. The van der Waals surface area contributed by atoms with Gasteiger partial charge < -0.3 is 29.0 Å². The molecule has 0 atom stereocenters. The molecule has 0 radical (unpaired) electrons. The molecule has 1 N–H and O–H groups in total. The number of rotatable bonds is 5. The number of amides is 2. The van der Waals surface area contributed by atoms with Gasteiger partial charge in [-0.1, -0.05) is 0 Å². The smallest absolute Gasteiger partial charge is 0.416 e. The molecule has 0 saturated carbocycles. The zero-order chi connectivity index (χ0) is 30.1. The Labute approximate surface area is 242 Å². The van der Waals surface area contributed by atoms with Gasteiger partial charge >= 0.3 is 12.3 Å². The van der Waals surface area contributed by atoms with E-state index in [9.17, 15) is 22.8 Å². The Hall–Kier alpha value is -3.96. The number of anilines is 1. The summed E-state index contributed by atoms with van der Waals surface area (Å²) in [5.41, 5.74) is 0.442. The summed E-state index contributed by atoms with van der Waals surface area (Å²) in [6.07, 6.45) is 1.46. The van der Waals surface area contributed by atoms with Crippen molar-refractivity contribution in [1.82, 2.24) is 19.6 Å². The number of likely N-dealkylation sites (tertiary alicyclic amines) is 1. The largest absolute Gasteiger partial charge is 0.490 e. The first-order chi connectivity index (χ1) is 19.8. The molecule has 2 amide bonds. The lowest BCUT2D eigenvalue weighted by atomic mass is 10.1. The summed E-state index contributed by atoms with van der Waals surface area (Å²) in [5.74, 6) is 0.370. The van der Waals surface area contributed by atoms with Gasteiger partial charge in [-0.05, 0) is 63.9 Å². The van der Waals surface area contributed by atoms with Crippen LogP contribution in [0.3, 0.4) is 0 Å². The second kappa shape index (κ2) is 11.7. The Balaban J connectivity index is 1.11. The van der Waals surface area contributed by atoms with Crippen LogP contribution < -0.4 is 15.0 Å². The van der Waals surface area contributed by atoms with E-state index in [1.54, 1.807) is 27.8 Å². The molecule has 5 rings (SSSR count). The number of fused-ring (bicyclic) bond motifs is 1. The van der Waals surface area contributed by atoms with E-state index in [2.05, 4.69) is 15.2 Å². The van der Waals surface area contributed by atoms with Crippen LogP contribution in [0.15, 0.2) is 48.8 Å². The summed E-state index contributed by atoms with van der Waals surface area (Å²) < 4.78 is 52.0. The first kappa shape index (κ1) is 29.5. The Morgan fingerprint density at radius 2 is 1.62 bits per heavy atom. The predicted molar refractivity (Wildman–Crippen MR) is 151 cm³/mol. The molecule has 2 saturated heterocycles. The number of nitrogens with one attached hydrogen (secondary N) is 1. The highest BCUT2D eigenvalue weighted by molar-refractivity contribution is 5.93. The van der Waals surface area contributed by atoms with Gasteiger partial charge in [-0.2, -0.15) is 13.2 Å². The van der Waals surface area contributed by atoms with Gasteiger partial charge in [0.1, 0.15) is 28.8 Å². The van der Waals surface area contributed by atoms with Crippen molar-refractivity contribution in [2.45, 2.75) is 70.4 Å². The van der Waals surface area contributed by atoms with Crippen molar-refractivity contribution in [2.75, 3.05) is 31.1 Å². The second-order valence-electron chi connectivity index (χ2n) is 11.8. The lowest BCUT2D eigenvalue weighted by Gasteiger charge is -2.33. The van der Waals surface area contributed by atoms with Crippen molar-refractivity contribution < 1.29 is 32.2 Å². The second-order valence-corrected chi connectivity index (χ2v) is 11.8. The van der Waals surface area contributed by atoms with Gasteiger partial charge in [0.05, 0.1) is 5.56 Å². The van der Waals surface area contributed by atoms with Gasteiger partial charge in [0.2, 0.25) is 0 Å². The van der Waals surface area contributed by atoms with E-state index in [0.717, 1.165) is 30.7 Å². The molecule has 2 aliphatic heterocycles. The van der Waals surface area contributed by atoms with E-state index in [4.69, 9.17) is 9.47 Å². The van der Waals surface area contributed by atoms with E-state index in [1.807, 2.05) is 26.8 Å². The lowest BCUT2D eigenvalue weighted by molar-refractivity contribution is -0.137. The summed E-state index contributed by atoms with van der Waals surface area (Å²) in [6.45, 7) is 7.86. The van der Waals surface area contributed by atoms with Crippen LogP contribution in [0.1, 0.15) is 62.5 Å². The molecule has 4 heterocycles. The van der Waals surface area contributed by atoms with E-state index in [1.165, 1.54) is 12.1 Å². The van der Waals surface area contributed by atoms with Crippen molar-refractivity contribution in [3.05, 3.63) is 60.0 Å². The van der Waals surface area contributed by atoms with E-state index < -0.39 is 17.3 Å². The molecule has 12 heteroatoms. The minimum absolute atomic E-state index is 0.0394. The summed E-state index contributed by atoms with van der Waals surface area (Å²) in [6, 6.07) is 8.80. The van der Waals surface area contributed by atoms with Crippen LogP contribution in [-0.4, -0.2) is 70.2 Å². The maximum atomic E-state index is 12.9. The normalized spacial score (nSPS) is 17.4. The number of hydrogen-bond donors (Lipinski definition) is 1. The number of hydrogen-bond acceptors (Lipinski definition) is 6. The highest BCUT2D eigenvalue weighted by Gasteiger charge is 2.31. The van der Waals surface area contributed by atoms with Crippen LogP contribution in [0, 0.1) is 0 Å². The Bertz CT molecular complexity index is 1400. The molecule has 42 heavy (non-hydrogen) atoms. The van der Waals surface area contributed by atoms with Crippen LogP contribution >= 0.6 is 0 Å². The average Bonchev–Trinajstić information content (AvgIpc) is 3.36. The number of pyridine rings is 1. The molecular formula is C30H36F3N5O4. The van der Waals surface area contributed by atoms with Crippen LogP contribution in [0.4, 0.5) is 23.7 Å². The van der Waals surface area contributed by atoms with Crippen molar-refractivity contribution in [3.63, 3.8) is 0 Å². The molecule has 3 aromatic rings. The average molecular weight is 588 g/mol. The minimum Gasteiger partial charge on any atom is -0.490 e. The zero-order valence-corrected chi connectivity index (χ0v) is 24.0. The van der Waals surface area contributed by atoms with E-state index >= 15 is 0 Å². The van der Waals surface area contributed by atoms with E-state index in [-0.39, 0.29) is 24.1 Å². The number of carbonyl (C=O) groups is 2. The Morgan fingerprint density at radius 1 is 0.952 bits per heavy atom. The number of benzene rings is 1. The molecule has 2 aliphatic rings. The molecular weight excluding hydrogens is 551 g/mol. The number of imidazole rings is 1. The van der Waals surface area contributed by atoms with Crippen molar-refractivity contribution >= 4 is 23.3 Å². The summed E-state index contributed by atoms with van der Waals surface area (Å²) in [5, 5.41) is 3.03. The van der Waals surface area contributed by atoms with Crippen LogP contribution in [0.25, 0.3) is 5.65 Å². The third kappa shape index (κ3) is 7.27. The molecule has 2 fully saturated rings. The van der Waals surface area contributed by atoms with Crippen molar-refractivity contribution in [3.8, 4) is 5.75 Å².